The number of rotatable bonds is 6. The summed E-state index contributed by atoms with van der Waals surface area (Å²) in [5.74, 6) is -0.376. The highest BCUT2D eigenvalue weighted by Gasteiger charge is 2.28. The van der Waals surface area contributed by atoms with Crippen LogP contribution in [0.4, 0.5) is 17.6 Å². The third-order valence-corrected chi connectivity index (χ3v) is 3.34. The first-order valence-electron chi connectivity index (χ1n) is 6.06. The van der Waals surface area contributed by atoms with Crippen molar-refractivity contribution in [1.29, 1.82) is 0 Å². The Morgan fingerprint density at radius 2 is 2.00 bits per heavy atom. The molecule has 0 aliphatic rings. The van der Waals surface area contributed by atoms with Gasteiger partial charge in [-0.3, -0.25) is 0 Å². The summed E-state index contributed by atoms with van der Waals surface area (Å²) in [7, 11) is 0. The Labute approximate surface area is 118 Å². The molecule has 0 spiro atoms. The molecule has 0 amide bonds. The van der Waals surface area contributed by atoms with Crippen LogP contribution in [0.5, 0.6) is 0 Å². The molecule has 0 aliphatic carbocycles. The third-order valence-electron chi connectivity index (χ3n) is 2.74. The second kappa shape index (κ2) is 7.24. The van der Waals surface area contributed by atoms with Crippen LogP contribution in [0.2, 0.25) is 0 Å². The largest absolute Gasteiger partial charge is 0.389 e. The van der Waals surface area contributed by atoms with Gasteiger partial charge < -0.3 is 5.32 Å². The monoisotopic (exact) mass is 341 g/mol. The van der Waals surface area contributed by atoms with Gasteiger partial charge in [-0.25, -0.2) is 4.39 Å². The lowest BCUT2D eigenvalue weighted by Crippen LogP contribution is -2.32. The van der Waals surface area contributed by atoms with Crippen molar-refractivity contribution in [2.75, 3.05) is 6.54 Å². The number of hydrogen-bond donors (Lipinski definition) is 1. The van der Waals surface area contributed by atoms with E-state index in [9.17, 15) is 17.6 Å². The molecule has 19 heavy (non-hydrogen) atoms. The summed E-state index contributed by atoms with van der Waals surface area (Å²) in [6, 6.07) is 4.25. The number of benzene rings is 1. The molecule has 0 saturated heterocycles. The molecule has 0 radical (unpaired) electrons. The molecule has 0 aliphatic heterocycles. The summed E-state index contributed by atoms with van der Waals surface area (Å²) in [4.78, 5) is 0. The van der Waals surface area contributed by atoms with Crippen LogP contribution in [0.15, 0.2) is 22.7 Å². The van der Waals surface area contributed by atoms with Gasteiger partial charge >= 0.3 is 6.18 Å². The first kappa shape index (κ1) is 16.4. The van der Waals surface area contributed by atoms with Crippen molar-refractivity contribution >= 4 is 15.9 Å². The summed E-state index contributed by atoms with van der Waals surface area (Å²) >= 11 is 3.07. The van der Waals surface area contributed by atoms with Crippen LogP contribution in [0.1, 0.15) is 25.3 Å². The number of halogens is 5. The molecule has 1 atom stereocenters. The quantitative estimate of drug-likeness (QED) is 0.753. The van der Waals surface area contributed by atoms with Gasteiger partial charge in [-0.15, -0.1) is 0 Å². The first-order chi connectivity index (χ1) is 8.81. The summed E-state index contributed by atoms with van der Waals surface area (Å²) in [5, 5.41) is 3.03. The number of likely N-dealkylation sites (N-methyl/N-ethyl adjacent to an activating group) is 1. The molecule has 0 saturated carbocycles. The highest BCUT2D eigenvalue weighted by atomic mass is 79.9. The number of hydrogen-bond acceptors (Lipinski definition) is 1. The Morgan fingerprint density at radius 3 is 2.53 bits per heavy atom. The zero-order valence-corrected chi connectivity index (χ0v) is 12.1. The van der Waals surface area contributed by atoms with Crippen LogP contribution in [-0.2, 0) is 6.42 Å². The van der Waals surface area contributed by atoms with Crippen LogP contribution in [-0.4, -0.2) is 18.8 Å². The minimum absolute atomic E-state index is 0.0202. The van der Waals surface area contributed by atoms with Crippen LogP contribution in [0, 0.1) is 5.82 Å². The van der Waals surface area contributed by atoms with Crippen molar-refractivity contribution in [1.82, 2.24) is 5.32 Å². The highest BCUT2D eigenvalue weighted by molar-refractivity contribution is 9.10. The maximum absolute atomic E-state index is 13.1. The molecular formula is C13H16BrF4N. The van der Waals surface area contributed by atoms with Crippen molar-refractivity contribution in [2.24, 2.45) is 0 Å². The second-order valence-electron chi connectivity index (χ2n) is 4.36. The average Bonchev–Trinajstić information content (AvgIpc) is 2.30. The van der Waals surface area contributed by atoms with Gasteiger partial charge in [0.1, 0.15) is 5.82 Å². The highest BCUT2D eigenvalue weighted by Crippen LogP contribution is 2.24. The fourth-order valence-electron chi connectivity index (χ4n) is 1.85. The van der Waals surface area contributed by atoms with Crippen molar-refractivity contribution in [3.05, 3.63) is 34.1 Å². The molecule has 1 aromatic rings. The topological polar surface area (TPSA) is 12.0 Å². The van der Waals surface area contributed by atoms with E-state index in [0.717, 1.165) is 5.56 Å². The van der Waals surface area contributed by atoms with Crippen LogP contribution in [0.3, 0.4) is 0 Å². The Balaban J connectivity index is 2.64. The summed E-state index contributed by atoms with van der Waals surface area (Å²) in [6.45, 7) is 2.45. The summed E-state index contributed by atoms with van der Waals surface area (Å²) in [5.41, 5.74) is 0.807. The molecule has 0 fully saturated rings. The van der Waals surface area contributed by atoms with E-state index in [0.29, 0.717) is 17.4 Å². The Hall–Kier alpha value is -0.620. The maximum Gasteiger partial charge on any atom is 0.389 e. The minimum Gasteiger partial charge on any atom is -0.314 e. The van der Waals surface area contributed by atoms with Crippen LogP contribution < -0.4 is 5.32 Å². The maximum atomic E-state index is 13.1. The lowest BCUT2D eigenvalue weighted by Gasteiger charge is -2.19. The smallest absolute Gasteiger partial charge is 0.314 e. The molecule has 108 valence electrons. The van der Waals surface area contributed by atoms with E-state index >= 15 is 0 Å². The van der Waals surface area contributed by atoms with Crippen molar-refractivity contribution < 1.29 is 17.6 Å². The van der Waals surface area contributed by atoms with Gasteiger partial charge in [-0.05, 0) is 53.0 Å². The van der Waals surface area contributed by atoms with E-state index in [-0.39, 0.29) is 18.3 Å². The zero-order valence-electron chi connectivity index (χ0n) is 10.5. The predicted octanol–water partition coefficient (Wildman–Crippen LogP) is 4.45. The van der Waals surface area contributed by atoms with Crippen LogP contribution in [0.25, 0.3) is 0 Å². The lowest BCUT2D eigenvalue weighted by atomic mass is 10.0. The molecule has 1 rings (SSSR count). The van der Waals surface area contributed by atoms with Crippen LogP contribution >= 0.6 is 15.9 Å². The minimum atomic E-state index is -4.14. The van der Waals surface area contributed by atoms with Gasteiger partial charge in [0.2, 0.25) is 0 Å². The zero-order chi connectivity index (χ0) is 14.5. The SMILES string of the molecule is CCNC(CCC(F)(F)F)Cc1ccc(F)c(Br)c1. The van der Waals surface area contributed by atoms with E-state index in [1.807, 2.05) is 6.92 Å². The molecule has 6 heteroatoms. The fraction of sp³-hybridized carbons (Fsp3) is 0.538. The summed E-state index contributed by atoms with van der Waals surface area (Å²) in [6.07, 6.45) is -4.49. The molecule has 0 aromatic heterocycles. The van der Waals surface area contributed by atoms with Crippen molar-refractivity contribution in [3.63, 3.8) is 0 Å². The normalized spacial score (nSPS) is 13.6. The van der Waals surface area contributed by atoms with Gasteiger partial charge in [-0.2, -0.15) is 13.2 Å². The van der Waals surface area contributed by atoms with E-state index in [2.05, 4.69) is 21.2 Å². The van der Waals surface area contributed by atoms with Gasteiger partial charge in [0.25, 0.3) is 0 Å². The lowest BCUT2D eigenvalue weighted by molar-refractivity contribution is -0.136. The predicted molar refractivity (Wildman–Crippen MR) is 70.6 cm³/mol. The van der Waals surface area contributed by atoms with E-state index in [4.69, 9.17) is 0 Å². The molecule has 0 heterocycles. The fourth-order valence-corrected chi connectivity index (χ4v) is 2.28. The standard InChI is InChI=1S/C13H16BrF4N/c1-2-19-10(5-6-13(16,17)18)7-9-3-4-12(15)11(14)8-9/h3-4,8,10,19H,2,5-7H2,1H3. The molecule has 1 aromatic carbocycles. The second-order valence-corrected chi connectivity index (χ2v) is 5.22. The Kier molecular flexibility index (Phi) is 6.26. The van der Waals surface area contributed by atoms with E-state index < -0.39 is 12.6 Å². The molecule has 0 bridgehead atoms. The number of alkyl halides is 3. The molecular weight excluding hydrogens is 326 g/mol. The van der Waals surface area contributed by atoms with E-state index in [1.54, 1.807) is 12.1 Å². The van der Waals surface area contributed by atoms with Gasteiger partial charge in [-0.1, -0.05) is 13.0 Å². The van der Waals surface area contributed by atoms with Crippen molar-refractivity contribution in [3.8, 4) is 0 Å². The number of nitrogens with one attached hydrogen (secondary N) is 1. The third kappa shape index (κ3) is 6.38. The average molecular weight is 342 g/mol. The molecule has 1 N–H and O–H groups in total. The van der Waals surface area contributed by atoms with E-state index in [1.165, 1.54) is 6.07 Å². The Bertz CT molecular complexity index is 406. The summed E-state index contributed by atoms with van der Waals surface area (Å²) < 4.78 is 50.1. The van der Waals surface area contributed by atoms with Crippen molar-refractivity contribution in [2.45, 2.75) is 38.4 Å². The van der Waals surface area contributed by atoms with Gasteiger partial charge in [0, 0.05) is 12.5 Å². The Morgan fingerprint density at radius 1 is 1.32 bits per heavy atom. The molecule has 1 nitrogen and oxygen atoms in total. The van der Waals surface area contributed by atoms with Gasteiger partial charge in [0.15, 0.2) is 0 Å². The molecule has 1 unspecified atom stereocenters. The van der Waals surface area contributed by atoms with Gasteiger partial charge in [0.05, 0.1) is 4.47 Å². The first-order valence-corrected chi connectivity index (χ1v) is 6.85.